The van der Waals surface area contributed by atoms with Crippen LogP contribution in [0.25, 0.3) is 0 Å². The Balaban J connectivity index is 2.09. The van der Waals surface area contributed by atoms with Crippen LogP contribution in [-0.4, -0.2) is 54.5 Å². The van der Waals surface area contributed by atoms with Crippen molar-refractivity contribution in [1.29, 1.82) is 0 Å². The van der Waals surface area contributed by atoms with E-state index in [1.807, 2.05) is 0 Å². The second kappa shape index (κ2) is 6.43. The van der Waals surface area contributed by atoms with Crippen molar-refractivity contribution in [2.75, 3.05) is 18.1 Å². The van der Waals surface area contributed by atoms with Gasteiger partial charge in [0.05, 0.1) is 17.9 Å². The number of carboxylic acids is 1. The second-order valence-corrected chi connectivity index (χ2v) is 8.43. The molecule has 1 aliphatic carbocycles. The SMILES string of the molecule is CCC1CCCC(N2CCS(=O)(=O)CC2CC(=O)O)C1. The minimum Gasteiger partial charge on any atom is -0.481 e. The van der Waals surface area contributed by atoms with Gasteiger partial charge < -0.3 is 5.11 Å². The molecule has 0 bridgehead atoms. The van der Waals surface area contributed by atoms with Gasteiger partial charge in [0, 0.05) is 18.6 Å². The van der Waals surface area contributed by atoms with E-state index in [4.69, 9.17) is 5.11 Å². The van der Waals surface area contributed by atoms with E-state index in [0.717, 1.165) is 19.3 Å². The molecule has 0 spiro atoms. The van der Waals surface area contributed by atoms with E-state index in [-0.39, 0.29) is 24.0 Å². The molecule has 0 aromatic heterocycles. The van der Waals surface area contributed by atoms with E-state index >= 15 is 0 Å². The van der Waals surface area contributed by atoms with Crippen LogP contribution in [0.2, 0.25) is 0 Å². The van der Waals surface area contributed by atoms with Crippen molar-refractivity contribution in [2.45, 2.75) is 57.5 Å². The first-order valence-electron chi connectivity index (χ1n) is 7.59. The van der Waals surface area contributed by atoms with Gasteiger partial charge in [0.1, 0.15) is 0 Å². The fraction of sp³-hybridized carbons (Fsp3) is 0.929. The molecule has 1 heterocycles. The smallest absolute Gasteiger partial charge is 0.304 e. The van der Waals surface area contributed by atoms with E-state index < -0.39 is 15.8 Å². The Labute approximate surface area is 121 Å². The monoisotopic (exact) mass is 303 g/mol. The minimum absolute atomic E-state index is 0.00654. The molecular formula is C14H25NO4S. The third-order valence-corrected chi connectivity index (χ3v) is 6.48. The van der Waals surface area contributed by atoms with Crippen LogP contribution < -0.4 is 0 Å². The van der Waals surface area contributed by atoms with Crippen LogP contribution in [0.15, 0.2) is 0 Å². The first kappa shape index (κ1) is 15.8. The van der Waals surface area contributed by atoms with Gasteiger partial charge in [-0.1, -0.05) is 26.2 Å². The summed E-state index contributed by atoms with van der Waals surface area (Å²) in [6, 6.07) is 0.0282. The molecule has 2 aliphatic rings. The van der Waals surface area contributed by atoms with Gasteiger partial charge in [-0.15, -0.1) is 0 Å². The first-order chi connectivity index (χ1) is 9.41. The molecule has 0 radical (unpaired) electrons. The van der Waals surface area contributed by atoms with Crippen molar-refractivity contribution in [3.05, 3.63) is 0 Å². The Morgan fingerprint density at radius 3 is 2.75 bits per heavy atom. The fourth-order valence-corrected chi connectivity index (χ4v) is 5.24. The zero-order valence-electron chi connectivity index (χ0n) is 12.1. The lowest BCUT2D eigenvalue weighted by molar-refractivity contribution is -0.138. The molecule has 20 heavy (non-hydrogen) atoms. The number of hydrogen-bond acceptors (Lipinski definition) is 4. The maximum atomic E-state index is 11.8. The average molecular weight is 303 g/mol. The Kier molecular flexibility index (Phi) is 5.07. The van der Waals surface area contributed by atoms with E-state index in [0.29, 0.717) is 18.5 Å². The van der Waals surface area contributed by atoms with Crippen LogP contribution in [0.5, 0.6) is 0 Å². The zero-order valence-corrected chi connectivity index (χ0v) is 12.9. The highest BCUT2D eigenvalue weighted by Gasteiger charge is 2.37. The van der Waals surface area contributed by atoms with Crippen molar-refractivity contribution in [3.8, 4) is 0 Å². The van der Waals surface area contributed by atoms with Crippen LogP contribution in [0.1, 0.15) is 45.4 Å². The summed E-state index contributed by atoms with van der Waals surface area (Å²) < 4.78 is 23.5. The Morgan fingerprint density at radius 2 is 2.10 bits per heavy atom. The third-order valence-electron chi connectivity index (χ3n) is 4.79. The average Bonchev–Trinajstić information content (AvgIpc) is 2.37. The normalized spacial score (nSPS) is 34.8. The lowest BCUT2D eigenvalue weighted by atomic mass is 9.83. The Morgan fingerprint density at radius 1 is 1.35 bits per heavy atom. The highest BCUT2D eigenvalue weighted by atomic mass is 32.2. The quantitative estimate of drug-likeness (QED) is 0.852. The van der Waals surface area contributed by atoms with Gasteiger partial charge in [0.15, 0.2) is 9.84 Å². The van der Waals surface area contributed by atoms with Gasteiger partial charge in [-0.25, -0.2) is 8.42 Å². The molecule has 0 amide bonds. The maximum Gasteiger partial charge on any atom is 0.304 e. The number of hydrogen-bond donors (Lipinski definition) is 1. The summed E-state index contributed by atoms with van der Waals surface area (Å²) >= 11 is 0. The van der Waals surface area contributed by atoms with E-state index in [9.17, 15) is 13.2 Å². The molecule has 3 atom stereocenters. The molecule has 6 heteroatoms. The van der Waals surface area contributed by atoms with Crippen molar-refractivity contribution in [2.24, 2.45) is 5.92 Å². The summed E-state index contributed by atoms with van der Waals surface area (Å²) in [4.78, 5) is 13.2. The summed E-state index contributed by atoms with van der Waals surface area (Å²) in [5.41, 5.74) is 0. The molecule has 116 valence electrons. The molecule has 2 rings (SSSR count). The largest absolute Gasteiger partial charge is 0.481 e. The van der Waals surface area contributed by atoms with E-state index in [2.05, 4.69) is 11.8 Å². The van der Waals surface area contributed by atoms with Crippen molar-refractivity contribution in [1.82, 2.24) is 4.90 Å². The van der Waals surface area contributed by atoms with Crippen molar-refractivity contribution in [3.63, 3.8) is 0 Å². The summed E-state index contributed by atoms with van der Waals surface area (Å²) in [7, 11) is -3.07. The van der Waals surface area contributed by atoms with Crippen LogP contribution in [0.3, 0.4) is 0 Å². The first-order valence-corrected chi connectivity index (χ1v) is 9.41. The third kappa shape index (κ3) is 3.95. The van der Waals surface area contributed by atoms with E-state index in [1.165, 1.54) is 12.8 Å². The maximum absolute atomic E-state index is 11.8. The second-order valence-electron chi connectivity index (χ2n) is 6.20. The molecule has 1 N–H and O–H groups in total. The Bertz CT molecular complexity index is 448. The highest BCUT2D eigenvalue weighted by Crippen LogP contribution is 2.32. The van der Waals surface area contributed by atoms with Gasteiger partial charge in [-0.05, 0) is 18.8 Å². The number of carboxylic acid groups (broad SMARTS) is 1. The van der Waals surface area contributed by atoms with E-state index in [1.54, 1.807) is 0 Å². The molecule has 1 saturated heterocycles. The molecule has 1 saturated carbocycles. The van der Waals surface area contributed by atoms with Gasteiger partial charge in [0.25, 0.3) is 0 Å². The summed E-state index contributed by atoms with van der Waals surface area (Å²) in [5.74, 6) is -0.0130. The zero-order chi connectivity index (χ0) is 14.8. The molecule has 3 unspecified atom stereocenters. The number of carbonyl (C=O) groups is 1. The summed E-state index contributed by atoms with van der Waals surface area (Å²) in [6.45, 7) is 2.70. The molecule has 1 aliphatic heterocycles. The van der Waals surface area contributed by atoms with Gasteiger partial charge in [-0.3, -0.25) is 9.69 Å². The molecular weight excluding hydrogens is 278 g/mol. The van der Waals surface area contributed by atoms with Gasteiger partial charge in [0.2, 0.25) is 0 Å². The van der Waals surface area contributed by atoms with Crippen LogP contribution in [0.4, 0.5) is 0 Å². The molecule has 0 aromatic carbocycles. The standard InChI is InChI=1S/C14H25NO4S/c1-2-11-4-3-5-12(8-11)15-6-7-20(18,19)10-13(15)9-14(16)17/h11-13H,2-10H2,1H3,(H,16,17). The van der Waals surface area contributed by atoms with Crippen LogP contribution in [-0.2, 0) is 14.6 Å². The number of rotatable bonds is 4. The molecule has 0 aromatic rings. The Hall–Kier alpha value is -0.620. The summed E-state index contributed by atoms with van der Waals surface area (Å²) in [5, 5.41) is 9.03. The van der Waals surface area contributed by atoms with Gasteiger partial charge in [-0.2, -0.15) is 0 Å². The molecule has 2 fully saturated rings. The van der Waals surface area contributed by atoms with Crippen molar-refractivity contribution < 1.29 is 18.3 Å². The lowest BCUT2D eigenvalue weighted by Gasteiger charge is -2.43. The highest BCUT2D eigenvalue weighted by molar-refractivity contribution is 7.91. The van der Waals surface area contributed by atoms with Crippen molar-refractivity contribution >= 4 is 15.8 Å². The number of sulfone groups is 1. The minimum atomic E-state index is -3.07. The predicted octanol–water partition coefficient (Wildman–Crippen LogP) is 1.53. The number of nitrogens with zero attached hydrogens (tertiary/aromatic N) is 1. The topological polar surface area (TPSA) is 74.7 Å². The number of aliphatic carboxylic acids is 1. The van der Waals surface area contributed by atoms with Gasteiger partial charge >= 0.3 is 5.97 Å². The lowest BCUT2D eigenvalue weighted by Crippen LogP contribution is -2.54. The van der Waals surface area contributed by atoms with Crippen LogP contribution >= 0.6 is 0 Å². The molecule has 5 nitrogen and oxygen atoms in total. The fourth-order valence-electron chi connectivity index (χ4n) is 3.69. The summed E-state index contributed by atoms with van der Waals surface area (Å²) in [6.07, 6.45) is 5.69. The van der Waals surface area contributed by atoms with Crippen LogP contribution in [0, 0.1) is 5.92 Å². The predicted molar refractivity (Wildman–Crippen MR) is 77.4 cm³/mol.